The number of Topliss-reactive ketones (excluding diaryl/α,β-unsaturated/α-hetero) is 1. The number of ketones is 1. The zero-order valence-electron chi connectivity index (χ0n) is 9.80. The lowest BCUT2D eigenvalue weighted by Crippen LogP contribution is -2.27. The molecule has 0 unspecified atom stereocenters. The van der Waals surface area contributed by atoms with Crippen molar-refractivity contribution in [3.05, 3.63) is 0 Å². The largest absolute Gasteiger partial charge is 0.444 e. The molecule has 1 amide bonds. The van der Waals surface area contributed by atoms with Gasteiger partial charge in [0.05, 0.1) is 5.33 Å². The quantitative estimate of drug-likeness (QED) is 0.809. The average Bonchev–Trinajstić information content (AvgIpc) is 2.01. The van der Waals surface area contributed by atoms with Gasteiger partial charge >= 0.3 is 6.09 Å². The van der Waals surface area contributed by atoms with Gasteiger partial charge in [-0.1, -0.05) is 22.9 Å². The van der Waals surface area contributed by atoms with E-state index in [9.17, 15) is 9.59 Å². The standard InChI is InChI=1S/C5H9BrO.C5H11NO2/c1-2-3-5(7)4-6;1-5(2,3)8-4(6)7/h2-4H2,1H3;1-3H3,(H2,6,7). The molecule has 0 saturated carbocycles. The van der Waals surface area contributed by atoms with E-state index in [1.807, 2.05) is 6.92 Å². The molecular formula is C10H20BrNO3. The molecule has 0 radical (unpaired) electrons. The van der Waals surface area contributed by atoms with Crippen LogP contribution in [0.3, 0.4) is 0 Å². The number of primary amides is 1. The molecule has 0 aromatic rings. The first-order valence-electron chi connectivity index (χ1n) is 4.79. The number of carbonyl (C=O) groups is 2. The molecule has 0 aliphatic rings. The normalized spacial score (nSPS) is 9.93. The Hall–Kier alpha value is -0.580. The molecule has 0 bridgehead atoms. The van der Waals surface area contributed by atoms with E-state index in [0.717, 1.165) is 6.42 Å². The van der Waals surface area contributed by atoms with Gasteiger partial charge in [-0.15, -0.1) is 0 Å². The molecule has 0 aromatic heterocycles. The second-order valence-corrected chi connectivity index (χ2v) is 4.52. The molecule has 0 rings (SSSR count). The van der Waals surface area contributed by atoms with Crippen LogP contribution in [0.5, 0.6) is 0 Å². The Morgan fingerprint density at radius 2 is 1.80 bits per heavy atom. The second kappa shape index (κ2) is 8.71. The van der Waals surface area contributed by atoms with Crippen molar-refractivity contribution in [2.75, 3.05) is 5.33 Å². The van der Waals surface area contributed by atoms with Crippen molar-refractivity contribution in [3.63, 3.8) is 0 Å². The molecule has 0 spiro atoms. The topological polar surface area (TPSA) is 69.4 Å². The van der Waals surface area contributed by atoms with E-state index in [0.29, 0.717) is 17.5 Å². The van der Waals surface area contributed by atoms with Gasteiger partial charge in [0, 0.05) is 6.42 Å². The van der Waals surface area contributed by atoms with Crippen LogP contribution in [0.4, 0.5) is 4.79 Å². The highest BCUT2D eigenvalue weighted by Crippen LogP contribution is 2.04. The van der Waals surface area contributed by atoms with E-state index in [-0.39, 0.29) is 0 Å². The second-order valence-electron chi connectivity index (χ2n) is 3.96. The zero-order chi connectivity index (χ0) is 12.5. The lowest BCUT2D eigenvalue weighted by Gasteiger charge is -2.16. The first kappa shape index (κ1) is 16.8. The first-order chi connectivity index (χ1) is 6.72. The van der Waals surface area contributed by atoms with Crippen molar-refractivity contribution >= 4 is 27.8 Å². The van der Waals surface area contributed by atoms with Crippen LogP contribution in [0.15, 0.2) is 0 Å². The smallest absolute Gasteiger partial charge is 0.405 e. The van der Waals surface area contributed by atoms with Crippen molar-refractivity contribution in [2.24, 2.45) is 5.73 Å². The van der Waals surface area contributed by atoms with Crippen LogP contribution in [0.2, 0.25) is 0 Å². The maximum absolute atomic E-state index is 10.4. The van der Waals surface area contributed by atoms with Crippen LogP contribution >= 0.6 is 15.9 Å². The first-order valence-corrected chi connectivity index (χ1v) is 5.91. The van der Waals surface area contributed by atoms with E-state index >= 15 is 0 Å². The molecule has 2 N–H and O–H groups in total. The third kappa shape index (κ3) is 19.7. The minimum absolute atomic E-state index is 0.294. The van der Waals surface area contributed by atoms with Gasteiger partial charge in [-0.3, -0.25) is 4.79 Å². The fourth-order valence-corrected chi connectivity index (χ4v) is 0.928. The third-order valence-electron chi connectivity index (χ3n) is 1.08. The summed E-state index contributed by atoms with van der Waals surface area (Å²) in [7, 11) is 0. The number of carbonyl (C=O) groups excluding carboxylic acids is 2. The summed E-state index contributed by atoms with van der Waals surface area (Å²) < 4.78 is 4.58. The number of rotatable bonds is 3. The molecule has 0 fully saturated rings. The van der Waals surface area contributed by atoms with Crippen molar-refractivity contribution < 1.29 is 14.3 Å². The minimum Gasteiger partial charge on any atom is -0.444 e. The number of halogens is 1. The Morgan fingerprint density at radius 3 is 1.87 bits per heavy atom. The highest BCUT2D eigenvalue weighted by atomic mass is 79.9. The fraction of sp³-hybridized carbons (Fsp3) is 0.800. The van der Waals surface area contributed by atoms with Gasteiger partial charge in [0.15, 0.2) is 0 Å². The lowest BCUT2D eigenvalue weighted by molar-refractivity contribution is -0.116. The van der Waals surface area contributed by atoms with E-state index in [4.69, 9.17) is 5.73 Å². The number of nitrogens with two attached hydrogens (primary N) is 1. The van der Waals surface area contributed by atoms with E-state index in [1.54, 1.807) is 20.8 Å². The zero-order valence-corrected chi connectivity index (χ0v) is 11.4. The summed E-state index contributed by atoms with van der Waals surface area (Å²) in [6.07, 6.45) is 0.952. The van der Waals surface area contributed by atoms with E-state index in [2.05, 4.69) is 20.7 Å². The monoisotopic (exact) mass is 281 g/mol. The molecule has 0 aromatic carbocycles. The van der Waals surface area contributed by atoms with Crippen LogP contribution in [-0.2, 0) is 9.53 Å². The fourth-order valence-electron chi connectivity index (χ4n) is 0.647. The maximum Gasteiger partial charge on any atom is 0.405 e. The van der Waals surface area contributed by atoms with Crippen LogP contribution < -0.4 is 5.73 Å². The van der Waals surface area contributed by atoms with Crippen molar-refractivity contribution in [3.8, 4) is 0 Å². The number of hydrogen-bond acceptors (Lipinski definition) is 3. The highest BCUT2D eigenvalue weighted by molar-refractivity contribution is 9.09. The Labute approximate surface area is 99.7 Å². The predicted octanol–water partition coefficient (Wildman–Crippen LogP) is 2.63. The summed E-state index contributed by atoms with van der Waals surface area (Å²) in [5, 5.41) is 0.515. The van der Waals surface area contributed by atoms with Crippen molar-refractivity contribution in [2.45, 2.75) is 46.1 Å². The van der Waals surface area contributed by atoms with E-state index < -0.39 is 11.7 Å². The van der Waals surface area contributed by atoms with Gasteiger partial charge in [-0.05, 0) is 27.2 Å². The molecule has 90 valence electrons. The molecule has 0 saturated heterocycles. The molecule has 5 heteroatoms. The number of amides is 1. The molecular weight excluding hydrogens is 262 g/mol. The van der Waals surface area contributed by atoms with Crippen LogP contribution in [0.25, 0.3) is 0 Å². The number of ether oxygens (including phenoxy) is 1. The summed E-state index contributed by atoms with van der Waals surface area (Å²) in [5.74, 6) is 0.294. The molecule has 0 heterocycles. The van der Waals surface area contributed by atoms with E-state index in [1.165, 1.54) is 0 Å². The molecule has 0 aliphatic carbocycles. The van der Waals surface area contributed by atoms with Gasteiger partial charge in [0.25, 0.3) is 0 Å². The minimum atomic E-state index is -0.725. The number of hydrogen-bond donors (Lipinski definition) is 1. The SMILES string of the molecule is CC(C)(C)OC(N)=O.CCCC(=O)CBr. The predicted molar refractivity (Wildman–Crippen MR) is 64.1 cm³/mol. The molecule has 0 aliphatic heterocycles. The number of alkyl halides is 1. The average molecular weight is 282 g/mol. The van der Waals surface area contributed by atoms with Crippen LogP contribution in [0.1, 0.15) is 40.5 Å². The Bertz CT molecular complexity index is 199. The van der Waals surface area contributed by atoms with Crippen molar-refractivity contribution in [1.29, 1.82) is 0 Å². The van der Waals surface area contributed by atoms with Gasteiger partial charge < -0.3 is 10.5 Å². The van der Waals surface area contributed by atoms with Gasteiger partial charge in [-0.2, -0.15) is 0 Å². The summed E-state index contributed by atoms with van der Waals surface area (Å²) in [6, 6.07) is 0. The lowest BCUT2D eigenvalue weighted by atomic mass is 10.2. The summed E-state index contributed by atoms with van der Waals surface area (Å²) in [4.78, 5) is 20.4. The molecule has 4 nitrogen and oxygen atoms in total. The maximum atomic E-state index is 10.4. The van der Waals surface area contributed by atoms with Crippen LogP contribution in [-0.4, -0.2) is 22.8 Å². The van der Waals surface area contributed by atoms with Crippen LogP contribution in [0, 0.1) is 0 Å². The van der Waals surface area contributed by atoms with Gasteiger partial charge in [0.2, 0.25) is 0 Å². The third-order valence-corrected chi connectivity index (χ3v) is 1.71. The van der Waals surface area contributed by atoms with Crippen molar-refractivity contribution in [1.82, 2.24) is 0 Å². The molecule has 0 atom stereocenters. The Kier molecular flexibility index (Phi) is 9.77. The van der Waals surface area contributed by atoms with Gasteiger partial charge in [-0.25, -0.2) is 4.79 Å². The summed E-state index contributed by atoms with van der Waals surface area (Å²) in [5.41, 5.74) is 4.26. The van der Waals surface area contributed by atoms with Gasteiger partial charge in [0.1, 0.15) is 11.4 Å². The Balaban J connectivity index is 0. The summed E-state index contributed by atoms with van der Waals surface area (Å²) >= 11 is 3.07. The Morgan fingerprint density at radius 1 is 1.33 bits per heavy atom. The summed E-state index contributed by atoms with van der Waals surface area (Å²) in [6.45, 7) is 7.29. The highest BCUT2D eigenvalue weighted by Gasteiger charge is 2.12. The molecule has 15 heavy (non-hydrogen) atoms.